The van der Waals surface area contributed by atoms with Crippen molar-refractivity contribution >= 4 is 28.8 Å². The highest BCUT2D eigenvalue weighted by atomic mass is 35.5. The molecule has 3 aromatic rings. The summed E-state index contributed by atoms with van der Waals surface area (Å²) in [4.78, 5) is 12.9. The van der Waals surface area contributed by atoms with Gasteiger partial charge in [-0.15, -0.1) is 11.3 Å². The van der Waals surface area contributed by atoms with Crippen molar-refractivity contribution in [2.75, 3.05) is 6.54 Å². The lowest BCUT2D eigenvalue weighted by Crippen LogP contribution is -2.24. The first-order valence-corrected chi connectivity index (χ1v) is 9.24. The van der Waals surface area contributed by atoms with Gasteiger partial charge in [0, 0.05) is 17.1 Å². The quantitative estimate of drug-likeness (QED) is 0.638. The zero-order valence-electron chi connectivity index (χ0n) is 13.6. The number of hydrogen-bond acceptors (Lipinski definition) is 3. The monoisotopic (exact) mass is 371 g/mol. The van der Waals surface area contributed by atoms with Gasteiger partial charge >= 0.3 is 0 Å². The van der Waals surface area contributed by atoms with E-state index in [1.807, 2.05) is 41.8 Å². The van der Waals surface area contributed by atoms with Gasteiger partial charge in [-0.1, -0.05) is 48.0 Å². The highest BCUT2D eigenvalue weighted by Gasteiger charge is 2.09. The number of carbonyl (C=O) groups excluding carboxylic acids is 1. The molecule has 0 aliphatic rings. The van der Waals surface area contributed by atoms with Gasteiger partial charge < -0.3 is 10.1 Å². The van der Waals surface area contributed by atoms with Crippen molar-refractivity contribution in [2.24, 2.45) is 0 Å². The molecule has 1 amide bonds. The Kier molecular flexibility index (Phi) is 6.09. The van der Waals surface area contributed by atoms with E-state index < -0.39 is 0 Å². The first-order chi connectivity index (χ1) is 12.2. The molecule has 0 aliphatic carbocycles. The molecule has 0 spiro atoms. The Morgan fingerprint density at radius 1 is 1.04 bits per heavy atom. The van der Waals surface area contributed by atoms with Crippen molar-refractivity contribution in [3.8, 4) is 5.75 Å². The maximum Gasteiger partial charge on any atom is 0.261 e. The van der Waals surface area contributed by atoms with Gasteiger partial charge in [0.25, 0.3) is 5.91 Å². The van der Waals surface area contributed by atoms with Crippen LogP contribution in [-0.2, 0) is 13.0 Å². The molecule has 0 saturated heterocycles. The molecule has 1 aromatic heterocycles. The van der Waals surface area contributed by atoms with E-state index >= 15 is 0 Å². The third-order valence-electron chi connectivity index (χ3n) is 3.62. The number of thiophene rings is 1. The summed E-state index contributed by atoms with van der Waals surface area (Å²) in [5.41, 5.74) is 2.18. The highest BCUT2D eigenvalue weighted by molar-refractivity contribution is 7.12. The maximum atomic E-state index is 12.2. The van der Waals surface area contributed by atoms with Crippen LogP contribution in [0.4, 0.5) is 0 Å². The van der Waals surface area contributed by atoms with Crippen LogP contribution in [0.15, 0.2) is 66.0 Å². The number of benzene rings is 2. The molecule has 2 aromatic carbocycles. The van der Waals surface area contributed by atoms with Crippen LogP contribution in [0.5, 0.6) is 5.75 Å². The summed E-state index contributed by atoms with van der Waals surface area (Å²) in [5, 5.41) is 5.54. The maximum absolute atomic E-state index is 12.2. The van der Waals surface area contributed by atoms with Gasteiger partial charge in [0.1, 0.15) is 12.4 Å². The zero-order chi connectivity index (χ0) is 17.5. The van der Waals surface area contributed by atoms with Crippen LogP contribution in [0.3, 0.4) is 0 Å². The Hall–Kier alpha value is -2.30. The van der Waals surface area contributed by atoms with Crippen LogP contribution < -0.4 is 10.1 Å². The number of rotatable bonds is 7. The molecule has 1 heterocycles. The Bertz CT molecular complexity index is 832. The number of carbonyl (C=O) groups is 1. The predicted octanol–water partition coefficient (Wildman–Crippen LogP) is 4.95. The minimum atomic E-state index is -0.0464. The summed E-state index contributed by atoms with van der Waals surface area (Å²) < 4.78 is 5.70. The second-order valence-electron chi connectivity index (χ2n) is 5.56. The van der Waals surface area contributed by atoms with Gasteiger partial charge in [-0.2, -0.15) is 0 Å². The molecule has 0 unspecified atom stereocenters. The lowest BCUT2D eigenvalue weighted by Gasteiger charge is -2.05. The first kappa shape index (κ1) is 17.5. The molecule has 0 aliphatic heterocycles. The zero-order valence-corrected chi connectivity index (χ0v) is 15.1. The molecular formula is C20H18ClNO2S. The summed E-state index contributed by atoms with van der Waals surface area (Å²) in [7, 11) is 0. The van der Waals surface area contributed by atoms with Crippen molar-refractivity contribution < 1.29 is 9.53 Å². The lowest BCUT2D eigenvalue weighted by molar-refractivity contribution is 0.0958. The van der Waals surface area contributed by atoms with Gasteiger partial charge in [-0.05, 0) is 41.6 Å². The molecular weight excluding hydrogens is 354 g/mol. The highest BCUT2D eigenvalue weighted by Crippen LogP contribution is 2.20. The Balaban J connectivity index is 1.48. The minimum Gasteiger partial charge on any atom is -0.489 e. The summed E-state index contributed by atoms with van der Waals surface area (Å²) in [5.74, 6) is 0.669. The SMILES string of the molecule is O=C(NCCc1ccccc1)c1cc(COc2cccc(Cl)c2)cs1. The second-order valence-corrected chi connectivity index (χ2v) is 6.90. The fourth-order valence-electron chi connectivity index (χ4n) is 2.35. The van der Waals surface area contributed by atoms with E-state index in [9.17, 15) is 4.79 Å². The van der Waals surface area contributed by atoms with E-state index in [1.165, 1.54) is 16.9 Å². The van der Waals surface area contributed by atoms with E-state index in [1.54, 1.807) is 12.1 Å². The minimum absolute atomic E-state index is 0.0464. The summed E-state index contributed by atoms with van der Waals surface area (Å²) in [6.45, 7) is 1.03. The predicted molar refractivity (Wildman–Crippen MR) is 103 cm³/mol. The van der Waals surface area contributed by atoms with Crippen LogP contribution in [0.1, 0.15) is 20.8 Å². The van der Waals surface area contributed by atoms with Gasteiger partial charge in [0.15, 0.2) is 0 Å². The molecule has 25 heavy (non-hydrogen) atoms. The van der Waals surface area contributed by atoms with Crippen LogP contribution in [-0.4, -0.2) is 12.5 Å². The molecule has 128 valence electrons. The Morgan fingerprint density at radius 2 is 1.88 bits per heavy atom. The van der Waals surface area contributed by atoms with E-state index in [2.05, 4.69) is 17.4 Å². The van der Waals surface area contributed by atoms with Crippen molar-refractivity contribution in [2.45, 2.75) is 13.0 Å². The number of amides is 1. The van der Waals surface area contributed by atoms with Crippen LogP contribution in [0.2, 0.25) is 5.02 Å². The average Bonchev–Trinajstić information content (AvgIpc) is 3.10. The number of ether oxygens (including phenoxy) is 1. The molecule has 1 N–H and O–H groups in total. The molecule has 0 fully saturated rings. The second kappa shape index (κ2) is 8.70. The molecule has 0 bridgehead atoms. The van der Waals surface area contributed by atoms with Gasteiger partial charge in [0.05, 0.1) is 4.88 Å². The average molecular weight is 372 g/mol. The van der Waals surface area contributed by atoms with Crippen molar-refractivity contribution in [1.29, 1.82) is 0 Å². The van der Waals surface area contributed by atoms with Crippen LogP contribution in [0, 0.1) is 0 Å². The summed E-state index contributed by atoms with van der Waals surface area (Å²) >= 11 is 7.36. The van der Waals surface area contributed by atoms with Crippen LogP contribution >= 0.6 is 22.9 Å². The number of hydrogen-bond donors (Lipinski definition) is 1. The summed E-state index contributed by atoms with van der Waals surface area (Å²) in [6.07, 6.45) is 0.822. The van der Waals surface area contributed by atoms with Crippen molar-refractivity contribution in [1.82, 2.24) is 5.32 Å². The number of nitrogens with one attached hydrogen (secondary N) is 1. The fraction of sp³-hybridized carbons (Fsp3) is 0.150. The molecule has 5 heteroatoms. The normalized spacial score (nSPS) is 10.4. The third kappa shape index (κ3) is 5.34. The van der Waals surface area contributed by atoms with E-state index in [4.69, 9.17) is 16.3 Å². The Labute approximate surface area is 156 Å². The lowest BCUT2D eigenvalue weighted by atomic mass is 10.1. The van der Waals surface area contributed by atoms with Gasteiger partial charge in [-0.25, -0.2) is 0 Å². The van der Waals surface area contributed by atoms with Gasteiger partial charge in [0.2, 0.25) is 0 Å². The fourth-order valence-corrected chi connectivity index (χ4v) is 3.34. The standard InChI is InChI=1S/C20H18ClNO2S/c21-17-7-4-8-18(12-17)24-13-16-11-19(25-14-16)20(23)22-10-9-15-5-2-1-3-6-15/h1-8,11-12,14H,9-10,13H2,(H,22,23). The third-order valence-corrected chi connectivity index (χ3v) is 4.83. The van der Waals surface area contributed by atoms with E-state index in [0.29, 0.717) is 28.8 Å². The van der Waals surface area contributed by atoms with Crippen molar-refractivity contribution in [3.63, 3.8) is 0 Å². The molecule has 3 rings (SSSR count). The first-order valence-electron chi connectivity index (χ1n) is 7.98. The van der Waals surface area contributed by atoms with E-state index in [0.717, 1.165) is 12.0 Å². The number of halogens is 1. The summed E-state index contributed by atoms with van der Waals surface area (Å²) in [6, 6.07) is 19.2. The largest absolute Gasteiger partial charge is 0.489 e. The van der Waals surface area contributed by atoms with Crippen molar-refractivity contribution in [3.05, 3.63) is 87.1 Å². The Morgan fingerprint density at radius 3 is 2.68 bits per heavy atom. The van der Waals surface area contributed by atoms with E-state index in [-0.39, 0.29) is 5.91 Å². The molecule has 0 radical (unpaired) electrons. The molecule has 0 saturated carbocycles. The van der Waals surface area contributed by atoms with Gasteiger partial charge in [-0.3, -0.25) is 4.79 Å². The van der Waals surface area contributed by atoms with Crippen LogP contribution in [0.25, 0.3) is 0 Å². The topological polar surface area (TPSA) is 38.3 Å². The molecule has 0 atom stereocenters. The molecule has 3 nitrogen and oxygen atoms in total. The smallest absolute Gasteiger partial charge is 0.261 e.